The molecular formula is C15H19N3O3. The maximum Gasteiger partial charge on any atom is 0.257 e. The van der Waals surface area contributed by atoms with Gasteiger partial charge in [0.2, 0.25) is 5.91 Å². The Labute approximate surface area is 123 Å². The van der Waals surface area contributed by atoms with Gasteiger partial charge >= 0.3 is 0 Å². The highest BCUT2D eigenvalue weighted by Gasteiger charge is 2.26. The summed E-state index contributed by atoms with van der Waals surface area (Å²) in [5.74, 6) is 0.252. The number of fused-ring (bicyclic) bond motifs is 1. The van der Waals surface area contributed by atoms with Crippen LogP contribution in [0.5, 0.6) is 5.75 Å². The van der Waals surface area contributed by atoms with Gasteiger partial charge in [-0.2, -0.15) is 0 Å². The molecule has 1 aliphatic carbocycles. The number of carbonyl (C=O) groups is 2. The monoisotopic (exact) mass is 289 g/mol. The van der Waals surface area contributed by atoms with Crippen molar-refractivity contribution in [2.24, 2.45) is 0 Å². The van der Waals surface area contributed by atoms with Crippen molar-refractivity contribution in [3.05, 3.63) is 23.8 Å². The molecule has 1 aromatic rings. The Morgan fingerprint density at radius 2 is 2.24 bits per heavy atom. The molecule has 2 N–H and O–H groups in total. The fraction of sp³-hybridized carbons (Fsp3) is 0.467. The largest absolute Gasteiger partial charge is 0.489 e. The van der Waals surface area contributed by atoms with Crippen LogP contribution in [0.4, 0.5) is 5.69 Å². The van der Waals surface area contributed by atoms with Crippen molar-refractivity contribution in [1.82, 2.24) is 10.2 Å². The minimum Gasteiger partial charge on any atom is -0.489 e. The minimum absolute atomic E-state index is 0.0619. The van der Waals surface area contributed by atoms with Gasteiger partial charge < -0.3 is 20.3 Å². The number of anilines is 1. The number of para-hydroxylation sites is 1. The second-order valence-electron chi connectivity index (χ2n) is 5.46. The van der Waals surface area contributed by atoms with E-state index in [1.807, 2.05) is 12.1 Å². The molecular weight excluding hydrogens is 270 g/mol. The highest BCUT2D eigenvalue weighted by molar-refractivity contribution is 6.00. The molecule has 1 saturated carbocycles. The topological polar surface area (TPSA) is 70.7 Å². The van der Waals surface area contributed by atoms with Crippen LogP contribution < -0.4 is 15.4 Å². The number of ether oxygens (including phenoxy) is 1. The molecule has 1 fully saturated rings. The van der Waals surface area contributed by atoms with Crippen molar-refractivity contribution >= 4 is 17.5 Å². The number of carbonyl (C=O) groups excluding carboxylic acids is 2. The predicted octanol–water partition coefficient (Wildman–Crippen LogP) is 0.841. The summed E-state index contributed by atoms with van der Waals surface area (Å²) in [7, 11) is 1.63. The third kappa shape index (κ3) is 3.09. The number of rotatable bonds is 4. The van der Waals surface area contributed by atoms with E-state index >= 15 is 0 Å². The lowest BCUT2D eigenvalue weighted by molar-refractivity contribution is -0.121. The minimum atomic E-state index is -0.207. The molecule has 0 atom stereocenters. The van der Waals surface area contributed by atoms with Gasteiger partial charge in [0.05, 0.1) is 17.8 Å². The van der Waals surface area contributed by atoms with Crippen LogP contribution in [-0.4, -0.2) is 49.5 Å². The second kappa shape index (κ2) is 5.63. The fourth-order valence-corrected chi connectivity index (χ4v) is 2.33. The van der Waals surface area contributed by atoms with E-state index in [1.165, 1.54) is 4.90 Å². The Morgan fingerprint density at radius 3 is 3.00 bits per heavy atom. The van der Waals surface area contributed by atoms with E-state index in [0.717, 1.165) is 25.1 Å². The molecule has 6 nitrogen and oxygen atoms in total. The highest BCUT2D eigenvalue weighted by atomic mass is 16.5. The predicted molar refractivity (Wildman–Crippen MR) is 78.6 cm³/mol. The average Bonchev–Trinajstić information content (AvgIpc) is 3.29. The van der Waals surface area contributed by atoms with Crippen molar-refractivity contribution in [1.29, 1.82) is 0 Å². The summed E-state index contributed by atoms with van der Waals surface area (Å²) >= 11 is 0. The molecule has 0 spiro atoms. The van der Waals surface area contributed by atoms with E-state index in [2.05, 4.69) is 10.6 Å². The summed E-state index contributed by atoms with van der Waals surface area (Å²) in [5.41, 5.74) is 1.31. The lowest BCUT2D eigenvalue weighted by Gasteiger charge is -2.23. The average molecular weight is 289 g/mol. The lowest BCUT2D eigenvalue weighted by Crippen LogP contribution is -2.39. The molecule has 21 heavy (non-hydrogen) atoms. The molecule has 1 aliphatic heterocycles. The summed E-state index contributed by atoms with van der Waals surface area (Å²) in [5, 5.41) is 6.07. The number of nitrogens with one attached hydrogen (secondary N) is 2. The van der Waals surface area contributed by atoms with E-state index in [-0.39, 0.29) is 18.4 Å². The first-order valence-corrected chi connectivity index (χ1v) is 7.19. The van der Waals surface area contributed by atoms with Gasteiger partial charge in [-0.1, -0.05) is 6.07 Å². The molecule has 0 bridgehead atoms. The lowest BCUT2D eigenvalue weighted by atomic mass is 10.1. The number of nitrogens with zero attached hydrogens (tertiary/aromatic N) is 1. The molecule has 0 saturated heterocycles. The standard InChI is InChI=1S/C15H19N3O3/c1-18(9-13(19)17-10-5-6-10)15(20)11-3-2-4-12-14(11)21-8-7-16-12/h2-4,10,16H,5-9H2,1H3,(H,17,19). The van der Waals surface area contributed by atoms with Crippen LogP contribution in [0.25, 0.3) is 0 Å². The number of benzene rings is 1. The van der Waals surface area contributed by atoms with Gasteiger partial charge in [-0.3, -0.25) is 9.59 Å². The zero-order valence-corrected chi connectivity index (χ0v) is 12.0. The number of hydrogen-bond donors (Lipinski definition) is 2. The molecule has 1 aromatic carbocycles. The van der Waals surface area contributed by atoms with Crippen molar-refractivity contribution in [2.45, 2.75) is 18.9 Å². The second-order valence-corrected chi connectivity index (χ2v) is 5.46. The Morgan fingerprint density at radius 1 is 1.43 bits per heavy atom. The van der Waals surface area contributed by atoms with E-state index in [1.54, 1.807) is 13.1 Å². The van der Waals surface area contributed by atoms with Crippen LogP contribution >= 0.6 is 0 Å². The Kier molecular flexibility index (Phi) is 3.68. The maximum absolute atomic E-state index is 12.5. The molecule has 1 heterocycles. The van der Waals surface area contributed by atoms with Gasteiger partial charge in [-0.25, -0.2) is 0 Å². The molecule has 0 radical (unpaired) electrons. The Balaban J connectivity index is 1.70. The summed E-state index contributed by atoms with van der Waals surface area (Å²) < 4.78 is 5.59. The third-order valence-electron chi connectivity index (χ3n) is 3.58. The number of amides is 2. The SMILES string of the molecule is CN(CC(=O)NC1CC1)C(=O)c1cccc2c1OCCN2. The van der Waals surface area contributed by atoms with Gasteiger partial charge in [0, 0.05) is 19.6 Å². The molecule has 0 unspecified atom stereocenters. The van der Waals surface area contributed by atoms with Crippen LogP contribution in [0.15, 0.2) is 18.2 Å². The van der Waals surface area contributed by atoms with E-state index < -0.39 is 0 Å². The molecule has 3 rings (SSSR count). The van der Waals surface area contributed by atoms with Crippen molar-refractivity contribution in [3.63, 3.8) is 0 Å². The Bertz CT molecular complexity index is 569. The number of hydrogen-bond acceptors (Lipinski definition) is 4. The molecule has 2 amide bonds. The number of likely N-dealkylation sites (N-methyl/N-ethyl adjacent to an activating group) is 1. The van der Waals surface area contributed by atoms with E-state index in [0.29, 0.717) is 24.0 Å². The third-order valence-corrected chi connectivity index (χ3v) is 3.58. The van der Waals surface area contributed by atoms with Crippen LogP contribution in [0.1, 0.15) is 23.2 Å². The molecule has 6 heteroatoms. The first-order valence-electron chi connectivity index (χ1n) is 7.19. The quantitative estimate of drug-likeness (QED) is 0.862. The van der Waals surface area contributed by atoms with Gasteiger partial charge in [0.15, 0.2) is 5.75 Å². The van der Waals surface area contributed by atoms with Crippen molar-refractivity contribution < 1.29 is 14.3 Å². The maximum atomic E-state index is 12.5. The van der Waals surface area contributed by atoms with Crippen LogP contribution in [0.3, 0.4) is 0 Å². The van der Waals surface area contributed by atoms with Gasteiger partial charge in [-0.05, 0) is 25.0 Å². The normalized spacial score (nSPS) is 16.2. The summed E-state index contributed by atoms with van der Waals surface area (Å²) in [4.78, 5) is 25.7. The van der Waals surface area contributed by atoms with Crippen LogP contribution in [0, 0.1) is 0 Å². The zero-order chi connectivity index (χ0) is 14.8. The summed E-state index contributed by atoms with van der Waals surface area (Å²) in [6.07, 6.45) is 2.07. The Hall–Kier alpha value is -2.24. The molecule has 0 aromatic heterocycles. The van der Waals surface area contributed by atoms with Crippen LogP contribution in [0.2, 0.25) is 0 Å². The first kappa shape index (κ1) is 13.7. The highest BCUT2D eigenvalue weighted by Crippen LogP contribution is 2.31. The van der Waals surface area contributed by atoms with Gasteiger partial charge in [-0.15, -0.1) is 0 Å². The zero-order valence-electron chi connectivity index (χ0n) is 12.0. The fourth-order valence-electron chi connectivity index (χ4n) is 2.33. The van der Waals surface area contributed by atoms with E-state index in [9.17, 15) is 9.59 Å². The van der Waals surface area contributed by atoms with E-state index in [4.69, 9.17) is 4.74 Å². The van der Waals surface area contributed by atoms with Crippen molar-refractivity contribution in [3.8, 4) is 5.75 Å². The van der Waals surface area contributed by atoms with Crippen LogP contribution in [-0.2, 0) is 4.79 Å². The molecule has 2 aliphatic rings. The summed E-state index contributed by atoms with van der Waals surface area (Å²) in [6.45, 7) is 1.32. The summed E-state index contributed by atoms with van der Waals surface area (Å²) in [6, 6.07) is 5.72. The smallest absolute Gasteiger partial charge is 0.257 e. The van der Waals surface area contributed by atoms with Gasteiger partial charge in [0.1, 0.15) is 6.61 Å². The first-order chi connectivity index (χ1) is 10.1. The van der Waals surface area contributed by atoms with Gasteiger partial charge in [0.25, 0.3) is 5.91 Å². The van der Waals surface area contributed by atoms with Crippen molar-refractivity contribution in [2.75, 3.05) is 32.1 Å². The molecule has 112 valence electrons.